The lowest BCUT2D eigenvalue weighted by Crippen LogP contribution is -2.45. The zero-order chi connectivity index (χ0) is 20.2. The zero-order valence-electron chi connectivity index (χ0n) is 17.3. The molecule has 6 heteroatoms. The van der Waals surface area contributed by atoms with Crippen molar-refractivity contribution < 1.29 is 9.18 Å². The van der Waals surface area contributed by atoms with Crippen molar-refractivity contribution in [1.29, 1.82) is 0 Å². The van der Waals surface area contributed by atoms with Gasteiger partial charge in [-0.05, 0) is 75.8 Å². The lowest BCUT2D eigenvalue weighted by molar-refractivity contribution is 0.0904. The van der Waals surface area contributed by atoms with Crippen LogP contribution >= 0.6 is 0 Å². The number of fused-ring (bicyclic) bond motifs is 1. The number of rotatable bonds is 6. The standard InChI is InChI=1S/C23H31FN4O/c1-2-3-14-27-15-12-18(13-16-27)25-23(29)22-20-6-4-5-7-21(20)28(26-22)19-10-8-17(24)9-11-19/h8-11,18H,2-7,12-16H2,1H3,(H,25,29). The van der Waals surface area contributed by atoms with Crippen molar-refractivity contribution >= 4 is 5.91 Å². The van der Waals surface area contributed by atoms with Crippen molar-refractivity contribution in [2.45, 2.75) is 64.3 Å². The highest BCUT2D eigenvalue weighted by atomic mass is 19.1. The molecule has 2 aromatic rings. The number of hydrogen-bond donors (Lipinski definition) is 1. The third kappa shape index (κ3) is 4.53. The van der Waals surface area contributed by atoms with Crippen LogP contribution in [-0.4, -0.2) is 46.3 Å². The Morgan fingerprint density at radius 3 is 2.62 bits per heavy atom. The van der Waals surface area contributed by atoms with Crippen LogP contribution in [0.3, 0.4) is 0 Å². The van der Waals surface area contributed by atoms with E-state index in [2.05, 4.69) is 22.2 Å². The first-order valence-electron chi connectivity index (χ1n) is 11.1. The summed E-state index contributed by atoms with van der Waals surface area (Å²) in [5.74, 6) is -0.325. The van der Waals surface area contributed by atoms with Gasteiger partial charge in [0.05, 0.1) is 5.69 Å². The highest BCUT2D eigenvalue weighted by molar-refractivity contribution is 5.94. The molecule has 0 bridgehead atoms. The maximum atomic E-state index is 13.3. The first-order chi connectivity index (χ1) is 14.2. The number of piperidine rings is 1. The van der Waals surface area contributed by atoms with Crippen molar-refractivity contribution in [2.75, 3.05) is 19.6 Å². The number of carbonyl (C=O) groups is 1. The molecule has 0 radical (unpaired) electrons. The van der Waals surface area contributed by atoms with Crippen molar-refractivity contribution in [1.82, 2.24) is 20.0 Å². The molecule has 5 nitrogen and oxygen atoms in total. The number of aromatic nitrogens is 2. The second-order valence-electron chi connectivity index (χ2n) is 8.31. The molecule has 0 saturated carbocycles. The van der Waals surface area contributed by atoms with E-state index < -0.39 is 0 Å². The van der Waals surface area contributed by atoms with E-state index in [9.17, 15) is 9.18 Å². The number of nitrogens with one attached hydrogen (secondary N) is 1. The molecule has 2 aliphatic rings. The monoisotopic (exact) mass is 398 g/mol. The Kier molecular flexibility index (Phi) is 6.28. The fourth-order valence-corrected chi connectivity index (χ4v) is 4.51. The number of amides is 1. The van der Waals surface area contributed by atoms with Crippen molar-refractivity contribution in [3.05, 3.63) is 47.0 Å². The second-order valence-corrected chi connectivity index (χ2v) is 8.31. The van der Waals surface area contributed by atoms with Gasteiger partial charge >= 0.3 is 0 Å². The molecule has 1 saturated heterocycles. The summed E-state index contributed by atoms with van der Waals surface area (Å²) in [5.41, 5.74) is 3.53. The van der Waals surface area contributed by atoms with Gasteiger partial charge in [0.15, 0.2) is 5.69 Å². The average molecular weight is 399 g/mol. The van der Waals surface area contributed by atoms with E-state index in [1.807, 2.05) is 4.68 Å². The molecule has 0 atom stereocenters. The molecule has 0 spiro atoms. The summed E-state index contributed by atoms with van der Waals surface area (Å²) in [5, 5.41) is 7.92. The van der Waals surface area contributed by atoms with E-state index >= 15 is 0 Å². The number of halogens is 1. The zero-order valence-corrected chi connectivity index (χ0v) is 17.3. The predicted molar refractivity (Wildman–Crippen MR) is 112 cm³/mol. The van der Waals surface area contributed by atoms with Gasteiger partial charge in [-0.3, -0.25) is 4.79 Å². The number of nitrogens with zero attached hydrogens (tertiary/aromatic N) is 3. The van der Waals surface area contributed by atoms with Gasteiger partial charge in [-0.15, -0.1) is 0 Å². The van der Waals surface area contributed by atoms with E-state index in [0.717, 1.165) is 75.1 Å². The van der Waals surface area contributed by atoms with Crippen LogP contribution in [0.1, 0.15) is 67.2 Å². The largest absolute Gasteiger partial charge is 0.348 e. The molecule has 0 unspecified atom stereocenters. The Morgan fingerprint density at radius 2 is 1.90 bits per heavy atom. The van der Waals surface area contributed by atoms with Gasteiger partial charge in [-0.2, -0.15) is 5.10 Å². The molecule has 1 aromatic carbocycles. The summed E-state index contributed by atoms with van der Waals surface area (Å²) in [4.78, 5) is 15.6. The summed E-state index contributed by atoms with van der Waals surface area (Å²) in [7, 11) is 0. The second kappa shape index (κ2) is 9.08. The Morgan fingerprint density at radius 1 is 1.17 bits per heavy atom. The van der Waals surface area contributed by atoms with E-state index in [4.69, 9.17) is 0 Å². The summed E-state index contributed by atoms with van der Waals surface area (Å²) in [6, 6.07) is 6.56. The van der Waals surface area contributed by atoms with Gasteiger partial charge in [0, 0.05) is 30.4 Å². The molecule has 156 valence electrons. The number of carbonyl (C=O) groups excluding carboxylic acids is 1. The summed E-state index contributed by atoms with van der Waals surface area (Å²) in [6.07, 6.45) is 8.42. The summed E-state index contributed by atoms with van der Waals surface area (Å²) >= 11 is 0. The highest BCUT2D eigenvalue weighted by Crippen LogP contribution is 2.27. The van der Waals surface area contributed by atoms with Crippen LogP contribution in [0.2, 0.25) is 0 Å². The maximum Gasteiger partial charge on any atom is 0.272 e. The van der Waals surface area contributed by atoms with Crippen LogP contribution in [-0.2, 0) is 12.8 Å². The molecule has 4 rings (SSSR count). The van der Waals surface area contributed by atoms with Gasteiger partial charge in [-0.25, -0.2) is 9.07 Å². The molecule has 1 aliphatic carbocycles. The van der Waals surface area contributed by atoms with E-state index in [1.165, 1.54) is 25.0 Å². The van der Waals surface area contributed by atoms with Crippen molar-refractivity contribution in [2.24, 2.45) is 0 Å². The van der Waals surface area contributed by atoms with Crippen molar-refractivity contribution in [3.8, 4) is 5.69 Å². The molecule has 2 heterocycles. The smallest absolute Gasteiger partial charge is 0.272 e. The Balaban J connectivity index is 1.48. The normalized spacial score (nSPS) is 17.9. The maximum absolute atomic E-state index is 13.3. The van der Waals surface area contributed by atoms with Crippen LogP contribution in [0.5, 0.6) is 0 Å². The van der Waals surface area contributed by atoms with Gasteiger partial charge < -0.3 is 10.2 Å². The third-order valence-corrected chi connectivity index (χ3v) is 6.22. The fraction of sp³-hybridized carbons (Fsp3) is 0.565. The predicted octanol–water partition coefficient (Wildman–Crippen LogP) is 3.88. The number of hydrogen-bond acceptors (Lipinski definition) is 3. The lowest BCUT2D eigenvalue weighted by atomic mass is 9.95. The minimum atomic E-state index is -0.266. The van der Waals surface area contributed by atoms with Gasteiger partial charge in [0.1, 0.15) is 5.82 Å². The van der Waals surface area contributed by atoms with Gasteiger partial charge in [0.2, 0.25) is 0 Å². The van der Waals surface area contributed by atoms with Gasteiger partial charge in [0.25, 0.3) is 5.91 Å². The van der Waals surface area contributed by atoms with Crippen molar-refractivity contribution in [3.63, 3.8) is 0 Å². The quantitative estimate of drug-likeness (QED) is 0.803. The lowest BCUT2D eigenvalue weighted by Gasteiger charge is -2.32. The number of unbranched alkanes of at least 4 members (excludes halogenated alkanes) is 1. The molecule has 1 amide bonds. The topological polar surface area (TPSA) is 50.2 Å². The number of benzene rings is 1. The first-order valence-corrected chi connectivity index (χ1v) is 11.1. The average Bonchev–Trinajstić information content (AvgIpc) is 3.14. The van der Waals surface area contributed by atoms with Crippen LogP contribution < -0.4 is 5.32 Å². The summed E-state index contributed by atoms with van der Waals surface area (Å²) < 4.78 is 15.2. The van der Waals surface area contributed by atoms with E-state index in [1.54, 1.807) is 12.1 Å². The van der Waals surface area contributed by atoms with Crippen LogP contribution in [0.4, 0.5) is 4.39 Å². The summed E-state index contributed by atoms with van der Waals surface area (Å²) in [6.45, 7) is 5.48. The van der Waals surface area contributed by atoms with Crippen LogP contribution in [0.15, 0.2) is 24.3 Å². The number of likely N-dealkylation sites (tertiary alicyclic amines) is 1. The van der Waals surface area contributed by atoms with E-state index in [0.29, 0.717) is 5.69 Å². The minimum absolute atomic E-state index is 0.0592. The molecular weight excluding hydrogens is 367 g/mol. The minimum Gasteiger partial charge on any atom is -0.348 e. The van der Waals surface area contributed by atoms with Crippen LogP contribution in [0.25, 0.3) is 5.69 Å². The van der Waals surface area contributed by atoms with Crippen LogP contribution in [0, 0.1) is 5.82 Å². The molecule has 1 aliphatic heterocycles. The Labute approximate surface area is 172 Å². The third-order valence-electron chi connectivity index (χ3n) is 6.22. The molecule has 1 aromatic heterocycles. The molecule has 1 fully saturated rings. The first kappa shape index (κ1) is 20.1. The Bertz CT molecular complexity index is 837. The fourth-order valence-electron chi connectivity index (χ4n) is 4.51. The van der Waals surface area contributed by atoms with E-state index in [-0.39, 0.29) is 17.8 Å². The highest BCUT2D eigenvalue weighted by Gasteiger charge is 2.28. The molecule has 29 heavy (non-hydrogen) atoms. The Hall–Kier alpha value is -2.21. The molecule has 1 N–H and O–H groups in total. The SMILES string of the molecule is CCCCN1CCC(NC(=O)c2nn(-c3ccc(F)cc3)c3c2CCCC3)CC1. The molecular formula is C23H31FN4O. The van der Waals surface area contributed by atoms with Gasteiger partial charge in [-0.1, -0.05) is 13.3 Å².